The van der Waals surface area contributed by atoms with Gasteiger partial charge >= 0.3 is 0 Å². The van der Waals surface area contributed by atoms with Crippen molar-refractivity contribution in [3.63, 3.8) is 0 Å². The summed E-state index contributed by atoms with van der Waals surface area (Å²) in [5.74, 6) is -0.210. The molecule has 0 aliphatic carbocycles. The highest BCUT2D eigenvalue weighted by Gasteiger charge is 2.08. The second-order valence-electron chi connectivity index (χ2n) is 2.90. The minimum Gasteiger partial charge on any atom is -0.396 e. The van der Waals surface area contributed by atoms with Crippen LogP contribution in [-0.2, 0) is 6.42 Å². The van der Waals surface area contributed by atoms with E-state index in [1.165, 1.54) is 17.8 Å². The molecule has 0 unspecified atom stereocenters. The lowest BCUT2D eigenvalue weighted by Crippen LogP contribution is -1.98. The SMILES string of the molecule is CSc1cc(C)cc(F)c1CCO. The number of hydrogen-bond acceptors (Lipinski definition) is 2. The van der Waals surface area contributed by atoms with E-state index in [2.05, 4.69) is 0 Å². The van der Waals surface area contributed by atoms with Crippen molar-refractivity contribution >= 4 is 11.8 Å². The van der Waals surface area contributed by atoms with Crippen molar-refractivity contribution in [3.8, 4) is 0 Å². The van der Waals surface area contributed by atoms with Gasteiger partial charge in [-0.05, 0) is 37.3 Å². The molecule has 0 spiro atoms. The van der Waals surface area contributed by atoms with Gasteiger partial charge in [0.1, 0.15) is 5.82 Å². The molecule has 0 bridgehead atoms. The normalized spacial score (nSPS) is 10.5. The molecule has 1 aromatic carbocycles. The Hall–Kier alpha value is -0.540. The van der Waals surface area contributed by atoms with Gasteiger partial charge in [0, 0.05) is 17.1 Å². The van der Waals surface area contributed by atoms with Crippen LogP contribution >= 0.6 is 11.8 Å². The van der Waals surface area contributed by atoms with Crippen LogP contribution in [0.15, 0.2) is 17.0 Å². The summed E-state index contributed by atoms with van der Waals surface area (Å²) in [6, 6.07) is 3.45. The number of thioether (sulfide) groups is 1. The zero-order valence-electron chi connectivity index (χ0n) is 7.80. The zero-order chi connectivity index (χ0) is 9.84. The number of halogens is 1. The second kappa shape index (κ2) is 4.63. The summed E-state index contributed by atoms with van der Waals surface area (Å²) in [7, 11) is 0. The third-order valence-electron chi connectivity index (χ3n) is 1.88. The van der Waals surface area contributed by atoms with Crippen molar-refractivity contribution in [2.75, 3.05) is 12.9 Å². The van der Waals surface area contributed by atoms with E-state index in [0.717, 1.165) is 10.5 Å². The molecule has 72 valence electrons. The lowest BCUT2D eigenvalue weighted by atomic mass is 10.1. The van der Waals surface area contributed by atoms with E-state index in [9.17, 15) is 4.39 Å². The molecule has 1 aromatic rings. The van der Waals surface area contributed by atoms with Crippen molar-refractivity contribution in [3.05, 3.63) is 29.1 Å². The lowest BCUT2D eigenvalue weighted by molar-refractivity contribution is 0.296. The molecule has 0 saturated carbocycles. The van der Waals surface area contributed by atoms with Crippen molar-refractivity contribution < 1.29 is 9.50 Å². The fourth-order valence-corrected chi connectivity index (χ4v) is 2.03. The van der Waals surface area contributed by atoms with E-state index >= 15 is 0 Å². The largest absolute Gasteiger partial charge is 0.396 e. The predicted octanol–water partition coefficient (Wildman–Crippen LogP) is 2.39. The maximum atomic E-state index is 13.4. The predicted molar refractivity (Wildman–Crippen MR) is 53.7 cm³/mol. The van der Waals surface area contributed by atoms with Crippen LogP contribution in [0.1, 0.15) is 11.1 Å². The summed E-state index contributed by atoms with van der Waals surface area (Å²) in [6.45, 7) is 1.86. The summed E-state index contributed by atoms with van der Waals surface area (Å²) in [6.07, 6.45) is 2.30. The molecule has 1 rings (SSSR count). The molecule has 0 amide bonds. The van der Waals surface area contributed by atoms with Gasteiger partial charge in [0.2, 0.25) is 0 Å². The van der Waals surface area contributed by atoms with Crippen LogP contribution in [-0.4, -0.2) is 18.0 Å². The molecular formula is C10H13FOS. The van der Waals surface area contributed by atoms with Gasteiger partial charge in [-0.3, -0.25) is 0 Å². The first-order valence-corrected chi connectivity index (χ1v) is 5.35. The van der Waals surface area contributed by atoms with Crippen molar-refractivity contribution in [2.24, 2.45) is 0 Å². The van der Waals surface area contributed by atoms with Crippen LogP contribution in [0.5, 0.6) is 0 Å². The van der Waals surface area contributed by atoms with Crippen LogP contribution in [0, 0.1) is 12.7 Å². The number of hydrogen-bond donors (Lipinski definition) is 1. The minimum absolute atomic E-state index is 0.00641. The van der Waals surface area contributed by atoms with Crippen molar-refractivity contribution in [1.29, 1.82) is 0 Å². The van der Waals surface area contributed by atoms with Gasteiger partial charge in [-0.25, -0.2) is 4.39 Å². The Morgan fingerprint density at radius 2 is 2.15 bits per heavy atom. The zero-order valence-corrected chi connectivity index (χ0v) is 8.62. The molecule has 3 heteroatoms. The molecule has 0 aliphatic rings. The molecule has 0 atom stereocenters. The highest BCUT2D eigenvalue weighted by Crippen LogP contribution is 2.24. The monoisotopic (exact) mass is 200 g/mol. The van der Waals surface area contributed by atoms with E-state index in [0.29, 0.717) is 12.0 Å². The van der Waals surface area contributed by atoms with Gasteiger partial charge in [0.25, 0.3) is 0 Å². The topological polar surface area (TPSA) is 20.2 Å². The minimum atomic E-state index is -0.210. The highest BCUT2D eigenvalue weighted by molar-refractivity contribution is 7.98. The van der Waals surface area contributed by atoms with E-state index in [1.54, 1.807) is 0 Å². The van der Waals surface area contributed by atoms with E-state index < -0.39 is 0 Å². The Morgan fingerprint density at radius 3 is 2.69 bits per heavy atom. The number of aliphatic hydroxyl groups is 1. The first-order valence-electron chi connectivity index (χ1n) is 4.13. The first-order chi connectivity index (χ1) is 6.19. The van der Waals surface area contributed by atoms with Gasteiger partial charge in [0.05, 0.1) is 0 Å². The smallest absolute Gasteiger partial charge is 0.127 e. The molecular weight excluding hydrogens is 187 g/mol. The highest BCUT2D eigenvalue weighted by atomic mass is 32.2. The number of aryl methyl sites for hydroxylation is 1. The Labute approximate surface area is 82.0 Å². The maximum absolute atomic E-state index is 13.4. The molecule has 1 nitrogen and oxygen atoms in total. The summed E-state index contributed by atoms with van der Waals surface area (Å²) < 4.78 is 13.4. The second-order valence-corrected chi connectivity index (χ2v) is 3.75. The third kappa shape index (κ3) is 2.45. The first kappa shape index (κ1) is 10.5. The summed E-state index contributed by atoms with van der Waals surface area (Å²) >= 11 is 1.51. The Balaban J connectivity index is 3.13. The van der Waals surface area contributed by atoms with Crippen molar-refractivity contribution in [1.82, 2.24) is 0 Å². The van der Waals surface area contributed by atoms with Crippen LogP contribution in [0.25, 0.3) is 0 Å². The lowest BCUT2D eigenvalue weighted by Gasteiger charge is -2.08. The third-order valence-corrected chi connectivity index (χ3v) is 2.68. The number of benzene rings is 1. The van der Waals surface area contributed by atoms with Crippen LogP contribution in [0.3, 0.4) is 0 Å². The van der Waals surface area contributed by atoms with Crippen molar-refractivity contribution in [2.45, 2.75) is 18.2 Å². The fourth-order valence-electron chi connectivity index (χ4n) is 1.28. The maximum Gasteiger partial charge on any atom is 0.127 e. The van der Waals surface area contributed by atoms with Crippen LogP contribution < -0.4 is 0 Å². The molecule has 0 heterocycles. The Kier molecular flexibility index (Phi) is 3.75. The average molecular weight is 200 g/mol. The molecule has 13 heavy (non-hydrogen) atoms. The summed E-state index contributed by atoms with van der Waals surface area (Å²) in [5.41, 5.74) is 1.55. The van der Waals surface area contributed by atoms with E-state index in [1.807, 2.05) is 19.2 Å². The van der Waals surface area contributed by atoms with Crippen LogP contribution in [0.4, 0.5) is 4.39 Å². The van der Waals surface area contributed by atoms with Gasteiger partial charge < -0.3 is 5.11 Å². The molecule has 0 fully saturated rings. The average Bonchev–Trinajstić information content (AvgIpc) is 2.09. The number of aliphatic hydroxyl groups excluding tert-OH is 1. The van der Waals surface area contributed by atoms with Gasteiger partial charge in [-0.2, -0.15) is 0 Å². The van der Waals surface area contributed by atoms with E-state index in [4.69, 9.17) is 5.11 Å². The standard InChI is InChI=1S/C10H13FOS/c1-7-5-9(11)8(3-4-12)10(6-7)13-2/h5-6,12H,3-4H2,1-2H3. The quantitative estimate of drug-likeness (QED) is 0.756. The molecule has 0 aliphatic heterocycles. The van der Waals surface area contributed by atoms with Gasteiger partial charge in [0.15, 0.2) is 0 Å². The fraction of sp³-hybridized carbons (Fsp3) is 0.400. The summed E-state index contributed by atoms with van der Waals surface area (Å²) in [4.78, 5) is 0.923. The molecule has 0 radical (unpaired) electrons. The molecule has 1 N–H and O–H groups in total. The molecule has 0 aromatic heterocycles. The Bertz CT molecular complexity index is 299. The van der Waals surface area contributed by atoms with Gasteiger partial charge in [-0.15, -0.1) is 11.8 Å². The Morgan fingerprint density at radius 1 is 1.46 bits per heavy atom. The van der Waals surface area contributed by atoms with Crippen LogP contribution in [0.2, 0.25) is 0 Å². The summed E-state index contributed by atoms with van der Waals surface area (Å²) in [5, 5.41) is 8.76. The number of rotatable bonds is 3. The van der Waals surface area contributed by atoms with E-state index in [-0.39, 0.29) is 12.4 Å². The molecule has 0 saturated heterocycles. The van der Waals surface area contributed by atoms with Gasteiger partial charge in [-0.1, -0.05) is 0 Å².